The van der Waals surface area contributed by atoms with E-state index in [2.05, 4.69) is 10.4 Å². The lowest BCUT2D eigenvalue weighted by Crippen LogP contribution is -2.39. The number of amides is 1. The molecule has 2 aromatic rings. The molecular weight excluding hydrogens is 328 g/mol. The number of aliphatic hydroxyl groups is 1. The molecule has 1 aromatic heterocycles. The van der Waals surface area contributed by atoms with Gasteiger partial charge in [0, 0.05) is 6.54 Å². The maximum Gasteiger partial charge on any atom is 0.255 e. The van der Waals surface area contributed by atoms with Crippen LogP contribution in [0.15, 0.2) is 24.4 Å². The van der Waals surface area contributed by atoms with Crippen LogP contribution < -0.4 is 5.32 Å². The Hall–Kier alpha value is -2.28. The van der Waals surface area contributed by atoms with E-state index in [0.717, 1.165) is 43.6 Å². The first-order chi connectivity index (χ1) is 12.0. The summed E-state index contributed by atoms with van der Waals surface area (Å²) in [6, 6.07) is 2.60. The first kappa shape index (κ1) is 17.5. The van der Waals surface area contributed by atoms with Crippen molar-refractivity contribution in [3.8, 4) is 0 Å². The third-order valence-electron chi connectivity index (χ3n) is 4.66. The van der Waals surface area contributed by atoms with Crippen LogP contribution >= 0.6 is 0 Å². The number of aryl methyl sites for hydroxylation is 1. The Labute approximate surface area is 144 Å². The fourth-order valence-electron chi connectivity index (χ4n) is 3.26. The standard InChI is InChI=1S/C18H21F2N3O2/c1-2-14(17(24)16-12(19)6-5-7-13(16)20)22-18(25)11-10-21-23-9-4-3-8-15(11)23/h5-7,10,14,17,24H,2-4,8-9H2,1H3,(H,22,25). The molecule has 2 heterocycles. The van der Waals surface area contributed by atoms with Crippen molar-refractivity contribution in [2.75, 3.05) is 0 Å². The van der Waals surface area contributed by atoms with E-state index in [1.54, 1.807) is 6.92 Å². The predicted octanol–water partition coefficient (Wildman–Crippen LogP) is 2.74. The van der Waals surface area contributed by atoms with E-state index >= 15 is 0 Å². The Kier molecular flexibility index (Phi) is 5.13. The molecule has 7 heteroatoms. The van der Waals surface area contributed by atoms with Gasteiger partial charge in [0.25, 0.3) is 5.91 Å². The van der Waals surface area contributed by atoms with Crippen molar-refractivity contribution in [1.82, 2.24) is 15.1 Å². The number of fused-ring (bicyclic) bond motifs is 1. The van der Waals surface area contributed by atoms with Crippen LogP contribution in [0.25, 0.3) is 0 Å². The molecule has 2 atom stereocenters. The highest BCUT2D eigenvalue weighted by atomic mass is 19.1. The molecule has 0 aliphatic carbocycles. The average molecular weight is 349 g/mol. The Balaban J connectivity index is 1.80. The number of aromatic nitrogens is 2. The summed E-state index contributed by atoms with van der Waals surface area (Å²) >= 11 is 0. The van der Waals surface area contributed by atoms with Crippen molar-refractivity contribution >= 4 is 5.91 Å². The third kappa shape index (κ3) is 3.42. The zero-order valence-corrected chi connectivity index (χ0v) is 14.0. The number of nitrogens with one attached hydrogen (secondary N) is 1. The molecule has 1 amide bonds. The van der Waals surface area contributed by atoms with Gasteiger partial charge in [-0.2, -0.15) is 5.10 Å². The molecule has 0 fully saturated rings. The molecule has 2 unspecified atom stereocenters. The quantitative estimate of drug-likeness (QED) is 0.872. The van der Waals surface area contributed by atoms with Crippen molar-refractivity contribution in [3.63, 3.8) is 0 Å². The molecule has 1 aliphatic heterocycles. The molecule has 134 valence electrons. The Morgan fingerprint density at radius 2 is 2.08 bits per heavy atom. The lowest BCUT2D eigenvalue weighted by Gasteiger charge is -2.24. The fraction of sp³-hybridized carbons (Fsp3) is 0.444. The number of halogens is 2. The van der Waals surface area contributed by atoms with Crippen LogP contribution in [0.3, 0.4) is 0 Å². The second kappa shape index (κ2) is 7.31. The molecule has 0 saturated carbocycles. The summed E-state index contributed by atoms with van der Waals surface area (Å²) < 4.78 is 29.6. The van der Waals surface area contributed by atoms with Gasteiger partial charge in [0.05, 0.1) is 29.1 Å². The van der Waals surface area contributed by atoms with Gasteiger partial charge in [0.2, 0.25) is 0 Å². The van der Waals surface area contributed by atoms with E-state index in [0.29, 0.717) is 12.0 Å². The van der Waals surface area contributed by atoms with E-state index in [9.17, 15) is 18.7 Å². The molecule has 1 aliphatic rings. The number of hydrogen-bond acceptors (Lipinski definition) is 3. The van der Waals surface area contributed by atoms with Gasteiger partial charge in [-0.05, 0) is 37.8 Å². The Bertz CT molecular complexity index is 755. The first-order valence-electron chi connectivity index (χ1n) is 8.50. The predicted molar refractivity (Wildman–Crippen MR) is 88.0 cm³/mol. The molecule has 5 nitrogen and oxygen atoms in total. The van der Waals surface area contributed by atoms with Crippen LogP contribution in [-0.2, 0) is 13.0 Å². The number of hydrogen-bond donors (Lipinski definition) is 2. The van der Waals surface area contributed by atoms with Gasteiger partial charge in [-0.25, -0.2) is 8.78 Å². The number of rotatable bonds is 5. The minimum Gasteiger partial charge on any atom is -0.386 e. The van der Waals surface area contributed by atoms with Gasteiger partial charge in [0.1, 0.15) is 17.7 Å². The summed E-state index contributed by atoms with van der Waals surface area (Å²) in [5, 5.41) is 17.3. The van der Waals surface area contributed by atoms with Crippen LogP contribution in [0, 0.1) is 11.6 Å². The van der Waals surface area contributed by atoms with Crippen molar-refractivity contribution in [1.29, 1.82) is 0 Å². The van der Waals surface area contributed by atoms with Gasteiger partial charge in [-0.3, -0.25) is 9.48 Å². The SMILES string of the molecule is CCC(NC(=O)c1cnn2c1CCCC2)C(O)c1c(F)cccc1F. The van der Waals surface area contributed by atoms with E-state index < -0.39 is 29.3 Å². The van der Waals surface area contributed by atoms with Crippen molar-refractivity contribution < 1.29 is 18.7 Å². The van der Waals surface area contributed by atoms with Crippen LogP contribution in [-0.4, -0.2) is 26.8 Å². The minimum atomic E-state index is -1.47. The van der Waals surface area contributed by atoms with Crippen LogP contribution in [0.1, 0.15) is 53.9 Å². The number of aliphatic hydroxyl groups excluding tert-OH is 1. The highest BCUT2D eigenvalue weighted by Crippen LogP contribution is 2.25. The van der Waals surface area contributed by atoms with Gasteiger partial charge in [-0.1, -0.05) is 13.0 Å². The summed E-state index contributed by atoms with van der Waals surface area (Å²) in [6.45, 7) is 2.52. The van der Waals surface area contributed by atoms with Crippen LogP contribution in [0.2, 0.25) is 0 Å². The van der Waals surface area contributed by atoms with Crippen molar-refractivity contribution in [3.05, 3.63) is 52.9 Å². The Morgan fingerprint density at radius 1 is 1.36 bits per heavy atom. The highest BCUT2D eigenvalue weighted by molar-refractivity contribution is 5.95. The second-order valence-electron chi connectivity index (χ2n) is 6.25. The van der Waals surface area contributed by atoms with Gasteiger partial charge in [0.15, 0.2) is 0 Å². The van der Waals surface area contributed by atoms with Crippen LogP contribution in [0.5, 0.6) is 0 Å². The number of carbonyl (C=O) groups excluding carboxylic acids is 1. The summed E-state index contributed by atoms with van der Waals surface area (Å²) in [7, 11) is 0. The molecule has 0 bridgehead atoms. The van der Waals surface area contributed by atoms with E-state index in [4.69, 9.17) is 0 Å². The molecule has 0 saturated heterocycles. The maximum atomic E-state index is 13.9. The summed E-state index contributed by atoms with van der Waals surface area (Å²) in [6.07, 6.45) is 3.15. The molecule has 25 heavy (non-hydrogen) atoms. The van der Waals surface area contributed by atoms with E-state index in [1.807, 2.05) is 4.68 Å². The summed E-state index contributed by atoms with van der Waals surface area (Å²) in [5.41, 5.74) is 0.899. The fourth-order valence-corrected chi connectivity index (χ4v) is 3.26. The summed E-state index contributed by atoms with van der Waals surface area (Å²) in [5.74, 6) is -2.04. The van der Waals surface area contributed by atoms with E-state index in [1.165, 1.54) is 12.3 Å². The molecule has 2 N–H and O–H groups in total. The van der Waals surface area contributed by atoms with E-state index in [-0.39, 0.29) is 5.91 Å². The molecule has 3 rings (SSSR count). The largest absolute Gasteiger partial charge is 0.386 e. The normalized spacial score (nSPS) is 16.2. The number of carbonyl (C=O) groups is 1. The third-order valence-corrected chi connectivity index (χ3v) is 4.66. The smallest absolute Gasteiger partial charge is 0.255 e. The second-order valence-corrected chi connectivity index (χ2v) is 6.25. The van der Waals surface area contributed by atoms with Gasteiger partial charge in [-0.15, -0.1) is 0 Å². The van der Waals surface area contributed by atoms with Gasteiger partial charge < -0.3 is 10.4 Å². The number of nitrogens with zero attached hydrogens (tertiary/aromatic N) is 2. The monoisotopic (exact) mass is 349 g/mol. The molecule has 1 aromatic carbocycles. The van der Waals surface area contributed by atoms with Crippen molar-refractivity contribution in [2.45, 2.75) is 51.3 Å². The van der Waals surface area contributed by atoms with Gasteiger partial charge >= 0.3 is 0 Å². The summed E-state index contributed by atoms with van der Waals surface area (Å²) in [4.78, 5) is 12.6. The molecule has 0 spiro atoms. The average Bonchev–Trinajstić information content (AvgIpc) is 3.03. The molecule has 0 radical (unpaired) electrons. The first-order valence-corrected chi connectivity index (χ1v) is 8.50. The van der Waals surface area contributed by atoms with Crippen LogP contribution in [0.4, 0.5) is 8.78 Å². The highest BCUT2D eigenvalue weighted by Gasteiger charge is 2.28. The maximum absolute atomic E-state index is 13.9. The molecular formula is C18H21F2N3O2. The topological polar surface area (TPSA) is 67.2 Å². The zero-order valence-electron chi connectivity index (χ0n) is 14.0. The number of benzene rings is 1. The van der Waals surface area contributed by atoms with Crippen molar-refractivity contribution in [2.24, 2.45) is 0 Å². The minimum absolute atomic E-state index is 0.324. The lowest BCUT2D eigenvalue weighted by atomic mass is 9.98. The zero-order chi connectivity index (χ0) is 18.0. The Morgan fingerprint density at radius 3 is 2.76 bits per heavy atom. The lowest BCUT2D eigenvalue weighted by molar-refractivity contribution is 0.0809.